The Morgan fingerprint density at radius 3 is 2.54 bits per heavy atom. The zero-order valence-electron chi connectivity index (χ0n) is 15.0. The number of thioether (sulfide) groups is 1. The van der Waals surface area contributed by atoms with Crippen LogP contribution in [0.2, 0.25) is 0 Å². The Bertz CT molecular complexity index is 784. The first-order valence-electron chi connectivity index (χ1n) is 8.72. The molecule has 2 aromatic rings. The number of morpholine rings is 1. The third kappa shape index (κ3) is 4.99. The van der Waals surface area contributed by atoms with Crippen molar-refractivity contribution >= 4 is 34.4 Å². The maximum atomic E-state index is 12.2. The van der Waals surface area contributed by atoms with Gasteiger partial charge in [0.2, 0.25) is 0 Å². The number of carbonyl (C=O) groups excluding carboxylic acids is 2. The van der Waals surface area contributed by atoms with E-state index in [0.29, 0.717) is 13.1 Å². The summed E-state index contributed by atoms with van der Waals surface area (Å²) in [6, 6.07) is 14.2. The lowest BCUT2D eigenvalue weighted by atomic mass is 10.1. The second kappa shape index (κ2) is 8.56. The molecule has 0 aromatic heterocycles. The van der Waals surface area contributed by atoms with Crippen LogP contribution in [-0.4, -0.2) is 54.4 Å². The highest BCUT2D eigenvalue weighted by Gasteiger charge is 2.26. The molecule has 1 aliphatic rings. The Labute approximate surface area is 157 Å². The molecule has 0 N–H and O–H groups in total. The molecule has 2 aromatic carbocycles. The fourth-order valence-electron chi connectivity index (χ4n) is 3.06. The standard InChI is InChI=1S/C20H23NO4S/c1-14-10-21(11-15(2)25-14)19(22)12-24-20(23)13-26-18-8-7-16-5-3-4-6-17(16)9-18/h3-9,14-15H,10-13H2,1-2H3/t14-,15-/m1/s1. The van der Waals surface area contributed by atoms with Gasteiger partial charge in [-0.25, -0.2) is 0 Å². The summed E-state index contributed by atoms with van der Waals surface area (Å²) in [5, 5.41) is 2.30. The van der Waals surface area contributed by atoms with Crippen molar-refractivity contribution in [2.24, 2.45) is 0 Å². The van der Waals surface area contributed by atoms with E-state index >= 15 is 0 Å². The monoisotopic (exact) mass is 373 g/mol. The second-order valence-electron chi connectivity index (χ2n) is 6.51. The summed E-state index contributed by atoms with van der Waals surface area (Å²) in [5.41, 5.74) is 0. The Balaban J connectivity index is 1.45. The molecule has 0 aliphatic carbocycles. The first kappa shape index (κ1) is 18.7. The van der Waals surface area contributed by atoms with Crippen LogP contribution in [-0.2, 0) is 19.1 Å². The van der Waals surface area contributed by atoms with E-state index in [-0.39, 0.29) is 36.4 Å². The molecule has 0 saturated carbocycles. The lowest BCUT2D eigenvalue weighted by Crippen LogP contribution is -2.49. The number of hydrogen-bond donors (Lipinski definition) is 0. The molecule has 6 heteroatoms. The fraction of sp³-hybridized carbons (Fsp3) is 0.400. The smallest absolute Gasteiger partial charge is 0.316 e. The molecule has 138 valence electrons. The minimum absolute atomic E-state index is 0.00172. The van der Waals surface area contributed by atoms with E-state index < -0.39 is 0 Å². The zero-order valence-corrected chi connectivity index (χ0v) is 15.8. The molecule has 0 radical (unpaired) electrons. The second-order valence-corrected chi connectivity index (χ2v) is 7.56. The number of hydrogen-bond acceptors (Lipinski definition) is 5. The van der Waals surface area contributed by atoms with Crippen LogP contribution in [0.5, 0.6) is 0 Å². The van der Waals surface area contributed by atoms with Crippen molar-refractivity contribution in [3.8, 4) is 0 Å². The van der Waals surface area contributed by atoms with Crippen LogP contribution in [0, 0.1) is 0 Å². The lowest BCUT2D eigenvalue weighted by Gasteiger charge is -2.35. The maximum absolute atomic E-state index is 12.2. The molecule has 1 amide bonds. The summed E-state index contributed by atoms with van der Waals surface area (Å²) in [6.07, 6.45) is 0.00345. The van der Waals surface area contributed by atoms with Crippen molar-refractivity contribution in [2.75, 3.05) is 25.4 Å². The number of rotatable bonds is 5. The van der Waals surface area contributed by atoms with E-state index in [1.54, 1.807) is 4.90 Å². The molecule has 2 atom stereocenters. The number of ether oxygens (including phenoxy) is 2. The van der Waals surface area contributed by atoms with Crippen molar-refractivity contribution in [3.63, 3.8) is 0 Å². The van der Waals surface area contributed by atoms with E-state index in [2.05, 4.69) is 12.1 Å². The molecule has 0 bridgehead atoms. The highest BCUT2D eigenvalue weighted by molar-refractivity contribution is 8.00. The van der Waals surface area contributed by atoms with Crippen molar-refractivity contribution in [1.29, 1.82) is 0 Å². The van der Waals surface area contributed by atoms with E-state index in [4.69, 9.17) is 9.47 Å². The van der Waals surface area contributed by atoms with Crippen LogP contribution in [0.1, 0.15) is 13.8 Å². The van der Waals surface area contributed by atoms with Gasteiger partial charge in [-0.05, 0) is 36.8 Å². The molecule has 3 rings (SSSR count). The van der Waals surface area contributed by atoms with Crippen molar-refractivity contribution in [1.82, 2.24) is 4.90 Å². The van der Waals surface area contributed by atoms with Gasteiger partial charge < -0.3 is 14.4 Å². The van der Waals surface area contributed by atoms with E-state index in [0.717, 1.165) is 10.3 Å². The maximum Gasteiger partial charge on any atom is 0.316 e. The molecular weight excluding hydrogens is 350 g/mol. The third-order valence-corrected chi connectivity index (χ3v) is 5.17. The minimum atomic E-state index is -0.383. The van der Waals surface area contributed by atoms with Crippen LogP contribution in [0.15, 0.2) is 47.4 Å². The van der Waals surface area contributed by atoms with Gasteiger partial charge in [0.25, 0.3) is 5.91 Å². The molecule has 1 fully saturated rings. The number of esters is 1. The molecule has 0 spiro atoms. The first-order valence-corrected chi connectivity index (χ1v) is 9.70. The highest BCUT2D eigenvalue weighted by atomic mass is 32.2. The summed E-state index contributed by atoms with van der Waals surface area (Å²) in [5.74, 6) is -0.372. The normalized spacial score (nSPS) is 20.2. The number of carbonyl (C=O) groups is 2. The van der Waals surface area contributed by atoms with Crippen LogP contribution in [0.4, 0.5) is 0 Å². The van der Waals surface area contributed by atoms with Crippen LogP contribution in [0.3, 0.4) is 0 Å². The molecule has 1 saturated heterocycles. The van der Waals surface area contributed by atoms with Crippen LogP contribution >= 0.6 is 11.8 Å². The van der Waals surface area contributed by atoms with Gasteiger partial charge in [0.05, 0.1) is 18.0 Å². The number of fused-ring (bicyclic) bond motifs is 1. The van der Waals surface area contributed by atoms with Crippen LogP contribution < -0.4 is 0 Å². The van der Waals surface area contributed by atoms with Gasteiger partial charge in [-0.15, -0.1) is 11.8 Å². The Morgan fingerprint density at radius 1 is 1.12 bits per heavy atom. The Kier molecular flexibility index (Phi) is 6.16. The van der Waals surface area contributed by atoms with Crippen molar-refractivity contribution in [3.05, 3.63) is 42.5 Å². The Morgan fingerprint density at radius 2 is 1.81 bits per heavy atom. The van der Waals surface area contributed by atoms with Gasteiger partial charge in [0.1, 0.15) is 0 Å². The summed E-state index contributed by atoms with van der Waals surface area (Å²) < 4.78 is 10.8. The van der Waals surface area contributed by atoms with Gasteiger partial charge in [-0.1, -0.05) is 30.3 Å². The highest BCUT2D eigenvalue weighted by Crippen LogP contribution is 2.23. The molecular formula is C20H23NO4S. The van der Waals surface area contributed by atoms with Crippen molar-refractivity contribution < 1.29 is 19.1 Å². The molecule has 26 heavy (non-hydrogen) atoms. The summed E-state index contributed by atoms with van der Waals surface area (Å²) in [4.78, 5) is 26.9. The largest absolute Gasteiger partial charge is 0.455 e. The number of amides is 1. The third-order valence-electron chi connectivity index (χ3n) is 4.21. The van der Waals surface area contributed by atoms with Gasteiger partial charge in [-0.2, -0.15) is 0 Å². The van der Waals surface area contributed by atoms with E-state index in [1.165, 1.54) is 17.1 Å². The molecule has 1 aliphatic heterocycles. The Hall–Kier alpha value is -2.05. The van der Waals surface area contributed by atoms with Crippen molar-refractivity contribution in [2.45, 2.75) is 31.0 Å². The molecule has 5 nitrogen and oxygen atoms in total. The predicted octanol–water partition coefficient (Wildman–Crippen LogP) is 3.11. The van der Waals surface area contributed by atoms with Gasteiger partial charge >= 0.3 is 5.97 Å². The van der Waals surface area contributed by atoms with Crippen LogP contribution in [0.25, 0.3) is 10.8 Å². The number of benzene rings is 2. The fourth-order valence-corrected chi connectivity index (χ4v) is 3.80. The summed E-state index contributed by atoms with van der Waals surface area (Å²) in [6.45, 7) is 4.72. The van der Waals surface area contributed by atoms with Gasteiger partial charge in [0.15, 0.2) is 6.61 Å². The predicted molar refractivity (Wildman–Crippen MR) is 102 cm³/mol. The average molecular weight is 373 g/mol. The topological polar surface area (TPSA) is 55.8 Å². The molecule has 0 unspecified atom stereocenters. The van der Waals surface area contributed by atoms with Gasteiger partial charge in [0, 0.05) is 18.0 Å². The molecule has 1 heterocycles. The minimum Gasteiger partial charge on any atom is -0.455 e. The lowest BCUT2D eigenvalue weighted by molar-refractivity contribution is -0.155. The number of nitrogens with zero attached hydrogens (tertiary/aromatic N) is 1. The summed E-state index contributed by atoms with van der Waals surface area (Å²) >= 11 is 1.41. The SMILES string of the molecule is C[C@@H]1CN(C(=O)COC(=O)CSc2ccc3ccccc3c2)C[C@@H](C)O1. The average Bonchev–Trinajstić information content (AvgIpc) is 2.63. The van der Waals surface area contributed by atoms with E-state index in [9.17, 15) is 9.59 Å². The zero-order chi connectivity index (χ0) is 18.5. The van der Waals surface area contributed by atoms with Gasteiger partial charge in [-0.3, -0.25) is 9.59 Å². The van der Waals surface area contributed by atoms with E-state index in [1.807, 2.05) is 44.2 Å². The first-order chi connectivity index (χ1) is 12.5. The quantitative estimate of drug-likeness (QED) is 0.595. The summed E-state index contributed by atoms with van der Waals surface area (Å²) in [7, 11) is 0.